The zero-order chi connectivity index (χ0) is 8.65. The second-order valence-corrected chi connectivity index (χ2v) is 3.08. The predicted octanol–water partition coefficient (Wildman–Crippen LogP) is 1.44. The van der Waals surface area contributed by atoms with Crippen molar-refractivity contribution in [2.45, 2.75) is 26.2 Å². The minimum atomic E-state index is 0.813. The highest BCUT2D eigenvalue weighted by atomic mass is 16.7. The Morgan fingerprint density at radius 2 is 2.00 bits per heavy atom. The van der Waals surface area contributed by atoms with E-state index in [1.165, 1.54) is 19.3 Å². The molecule has 0 aromatic heterocycles. The first kappa shape index (κ1) is 9.96. The number of hydroxylamine groups is 2. The summed E-state index contributed by atoms with van der Waals surface area (Å²) in [6, 6.07) is 0. The lowest BCUT2D eigenvalue weighted by Crippen LogP contribution is -2.36. The van der Waals surface area contributed by atoms with Gasteiger partial charge in [-0.25, -0.2) is 0 Å². The van der Waals surface area contributed by atoms with Crippen LogP contribution < -0.4 is 0 Å². The third-order valence-corrected chi connectivity index (χ3v) is 1.99. The minimum Gasteiger partial charge on any atom is -0.379 e. The smallest absolute Gasteiger partial charge is 0.0685 e. The average Bonchev–Trinajstić information content (AvgIpc) is 2.14. The van der Waals surface area contributed by atoms with Crippen LogP contribution in [0, 0.1) is 0 Å². The normalized spacial score (nSPS) is 19.8. The van der Waals surface area contributed by atoms with Crippen molar-refractivity contribution in [1.29, 1.82) is 0 Å². The maximum absolute atomic E-state index is 5.54. The van der Waals surface area contributed by atoms with E-state index >= 15 is 0 Å². The third kappa shape index (κ3) is 4.04. The Hall–Kier alpha value is -0.120. The summed E-state index contributed by atoms with van der Waals surface area (Å²) in [6.07, 6.45) is 3.70. The van der Waals surface area contributed by atoms with E-state index < -0.39 is 0 Å². The van der Waals surface area contributed by atoms with E-state index in [9.17, 15) is 0 Å². The summed E-state index contributed by atoms with van der Waals surface area (Å²) in [6.45, 7) is 6.54. The molecule has 12 heavy (non-hydrogen) atoms. The molecule has 3 nitrogen and oxygen atoms in total. The molecule has 1 aliphatic rings. The number of hydrogen-bond acceptors (Lipinski definition) is 3. The van der Waals surface area contributed by atoms with Gasteiger partial charge in [0.05, 0.1) is 19.8 Å². The number of ether oxygens (including phenoxy) is 1. The second-order valence-electron chi connectivity index (χ2n) is 3.08. The van der Waals surface area contributed by atoms with Crippen molar-refractivity contribution in [2.75, 3.05) is 32.9 Å². The maximum atomic E-state index is 5.54. The van der Waals surface area contributed by atoms with Crippen LogP contribution in [-0.2, 0) is 9.57 Å². The van der Waals surface area contributed by atoms with Crippen LogP contribution in [-0.4, -0.2) is 38.0 Å². The molecule has 1 aliphatic heterocycles. The van der Waals surface area contributed by atoms with Gasteiger partial charge in [-0.1, -0.05) is 19.8 Å². The van der Waals surface area contributed by atoms with Gasteiger partial charge in [-0.3, -0.25) is 4.84 Å². The van der Waals surface area contributed by atoms with Gasteiger partial charge in [-0.2, -0.15) is 5.06 Å². The zero-order valence-electron chi connectivity index (χ0n) is 7.92. The predicted molar refractivity (Wildman–Crippen MR) is 47.9 cm³/mol. The Morgan fingerprint density at radius 1 is 1.25 bits per heavy atom. The standard InChI is InChI=1S/C9H19NO2/c1-2-3-4-7-12-10-5-8-11-9-6-10/h2-9H2,1H3. The number of unbranched alkanes of at least 4 members (excludes halogenated alkanes) is 2. The fraction of sp³-hybridized carbons (Fsp3) is 1.00. The Morgan fingerprint density at radius 3 is 2.67 bits per heavy atom. The first-order chi connectivity index (χ1) is 5.93. The Labute approximate surface area is 74.6 Å². The van der Waals surface area contributed by atoms with Gasteiger partial charge in [-0.15, -0.1) is 0 Å². The van der Waals surface area contributed by atoms with Gasteiger partial charge in [-0.05, 0) is 6.42 Å². The van der Waals surface area contributed by atoms with Crippen molar-refractivity contribution in [2.24, 2.45) is 0 Å². The molecular weight excluding hydrogens is 154 g/mol. The number of nitrogens with zero attached hydrogens (tertiary/aromatic N) is 1. The second kappa shape index (κ2) is 6.40. The van der Waals surface area contributed by atoms with Crippen LogP contribution in [0.2, 0.25) is 0 Å². The molecule has 1 heterocycles. The average molecular weight is 173 g/mol. The van der Waals surface area contributed by atoms with Crippen LogP contribution in [0.5, 0.6) is 0 Å². The Balaban J connectivity index is 1.91. The molecule has 1 rings (SSSR count). The molecule has 72 valence electrons. The molecule has 0 radical (unpaired) electrons. The molecular formula is C9H19NO2. The van der Waals surface area contributed by atoms with Crippen molar-refractivity contribution in [3.05, 3.63) is 0 Å². The molecule has 0 spiro atoms. The summed E-state index contributed by atoms with van der Waals surface area (Å²) >= 11 is 0. The summed E-state index contributed by atoms with van der Waals surface area (Å²) in [7, 11) is 0. The molecule has 0 amide bonds. The van der Waals surface area contributed by atoms with Crippen LogP contribution in [0.1, 0.15) is 26.2 Å². The summed E-state index contributed by atoms with van der Waals surface area (Å²) in [4.78, 5) is 5.54. The van der Waals surface area contributed by atoms with Gasteiger partial charge in [0.15, 0.2) is 0 Å². The van der Waals surface area contributed by atoms with Crippen LogP contribution in [0.25, 0.3) is 0 Å². The van der Waals surface area contributed by atoms with Crippen molar-refractivity contribution < 1.29 is 9.57 Å². The largest absolute Gasteiger partial charge is 0.379 e. The first-order valence-corrected chi connectivity index (χ1v) is 4.89. The monoisotopic (exact) mass is 173 g/mol. The Bertz CT molecular complexity index is 103. The minimum absolute atomic E-state index is 0.813. The van der Waals surface area contributed by atoms with Crippen LogP contribution in [0.3, 0.4) is 0 Å². The summed E-state index contributed by atoms with van der Waals surface area (Å²) < 4.78 is 5.21. The summed E-state index contributed by atoms with van der Waals surface area (Å²) in [5.74, 6) is 0. The van der Waals surface area contributed by atoms with E-state index in [4.69, 9.17) is 9.57 Å². The fourth-order valence-corrected chi connectivity index (χ4v) is 1.22. The van der Waals surface area contributed by atoms with Crippen molar-refractivity contribution >= 4 is 0 Å². The number of morpholine rings is 1. The summed E-state index contributed by atoms with van der Waals surface area (Å²) in [5, 5.41) is 2.01. The molecule has 0 aliphatic carbocycles. The first-order valence-electron chi connectivity index (χ1n) is 4.89. The van der Waals surface area contributed by atoms with E-state index in [1.807, 2.05) is 5.06 Å². The van der Waals surface area contributed by atoms with E-state index in [0.717, 1.165) is 32.9 Å². The maximum Gasteiger partial charge on any atom is 0.0685 e. The molecule has 0 aromatic rings. The third-order valence-electron chi connectivity index (χ3n) is 1.99. The van der Waals surface area contributed by atoms with Crippen molar-refractivity contribution in [3.63, 3.8) is 0 Å². The van der Waals surface area contributed by atoms with E-state index in [-0.39, 0.29) is 0 Å². The quantitative estimate of drug-likeness (QED) is 0.587. The van der Waals surface area contributed by atoms with Gasteiger partial charge < -0.3 is 4.74 Å². The molecule has 0 unspecified atom stereocenters. The number of rotatable bonds is 5. The van der Waals surface area contributed by atoms with Crippen LogP contribution in [0.4, 0.5) is 0 Å². The van der Waals surface area contributed by atoms with Gasteiger partial charge in [0.1, 0.15) is 0 Å². The van der Waals surface area contributed by atoms with E-state index in [0.29, 0.717) is 0 Å². The van der Waals surface area contributed by atoms with Crippen LogP contribution >= 0.6 is 0 Å². The van der Waals surface area contributed by atoms with Gasteiger partial charge in [0.2, 0.25) is 0 Å². The van der Waals surface area contributed by atoms with Crippen molar-refractivity contribution in [3.8, 4) is 0 Å². The van der Waals surface area contributed by atoms with Gasteiger partial charge in [0, 0.05) is 13.1 Å². The highest BCUT2D eigenvalue weighted by Gasteiger charge is 2.09. The molecule has 0 atom stereocenters. The highest BCUT2D eigenvalue weighted by molar-refractivity contribution is 4.51. The van der Waals surface area contributed by atoms with E-state index in [2.05, 4.69) is 6.92 Å². The number of hydrogen-bond donors (Lipinski definition) is 0. The fourth-order valence-electron chi connectivity index (χ4n) is 1.22. The summed E-state index contributed by atoms with van der Waals surface area (Å²) in [5.41, 5.74) is 0. The Kier molecular flexibility index (Phi) is 5.32. The zero-order valence-corrected chi connectivity index (χ0v) is 7.92. The lowest BCUT2D eigenvalue weighted by molar-refractivity contribution is -0.194. The van der Waals surface area contributed by atoms with Gasteiger partial charge in [0.25, 0.3) is 0 Å². The topological polar surface area (TPSA) is 21.7 Å². The lowest BCUT2D eigenvalue weighted by Gasteiger charge is -2.25. The highest BCUT2D eigenvalue weighted by Crippen LogP contribution is 2.00. The molecule has 1 saturated heterocycles. The lowest BCUT2D eigenvalue weighted by atomic mass is 10.3. The molecule has 0 saturated carbocycles. The molecule has 1 fully saturated rings. The van der Waals surface area contributed by atoms with Crippen LogP contribution in [0.15, 0.2) is 0 Å². The van der Waals surface area contributed by atoms with E-state index in [1.54, 1.807) is 0 Å². The SMILES string of the molecule is CCCCCON1CCOCC1. The molecule has 0 aromatic carbocycles. The molecule has 0 N–H and O–H groups in total. The van der Waals surface area contributed by atoms with Gasteiger partial charge >= 0.3 is 0 Å². The molecule has 3 heteroatoms. The molecule has 0 bridgehead atoms. The van der Waals surface area contributed by atoms with Crippen molar-refractivity contribution in [1.82, 2.24) is 5.06 Å².